The Bertz CT molecular complexity index is 409. The van der Waals surface area contributed by atoms with Gasteiger partial charge in [-0.2, -0.15) is 0 Å². The van der Waals surface area contributed by atoms with Crippen molar-refractivity contribution in [1.82, 2.24) is 9.36 Å². The number of hydrogen-bond donors (Lipinski definition) is 1. The quantitative estimate of drug-likeness (QED) is 0.751. The number of nitrogen functional groups attached to an aromatic ring is 1. The molecule has 66 valence electrons. The van der Waals surface area contributed by atoms with Crippen LogP contribution in [0.2, 0.25) is 0 Å². The number of aromatic nitrogens is 2. The van der Waals surface area contributed by atoms with Crippen LogP contribution in [0.5, 0.6) is 0 Å². The molecule has 0 saturated heterocycles. The third-order valence-electron chi connectivity index (χ3n) is 1.88. The average molecular weight is 191 g/mol. The van der Waals surface area contributed by atoms with Gasteiger partial charge in [-0.05, 0) is 30.1 Å². The molecule has 0 bridgehead atoms. The molecule has 3 nitrogen and oxygen atoms in total. The van der Waals surface area contributed by atoms with Gasteiger partial charge in [-0.3, -0.25) is 0 Å². The van der Waals surface area contributed by atoms with Gasteiger partial charge in [0.05, 0.1) is 0 Å². The Morgan fingerprint density at radius 3 is 2.85 bits per heavy atom. The molecule has 0 aliphatic heterocycles. The lowest BCUT2D eigenvalue weighted by Crippen LogP contribution is -1.91. The zero-order valence-electron chi connectivity index (χ0n) is 7.19. The van der Waals surface area contributed by atoms with Crippen LogP contribution < -0.4 is 5.73 Å². The molecule has 0 saturated carbocycles. The largest absolute Gasteiger partial charge is 0.384 e. The van der Waals surface area contributed by atoms with Gasteiger partial charge in [0.25, 0.3) is 0 Å². The fourth-order valence-corrected chi connectivity index (χ4v) is 1.75. The highest BCUT2D eigenvalue weighted by molar-refractivity contribution is 7.03. The highest BCUT2D eigenvalue weighted by atomic mass is 32.1. The zero-order chi connectivity index (χ0) is 9.26. The molecule has 2 aromatic rings. The van der Waals surface area contributed by atoms with Crippen molar-refractivity contribution in [3.8, 4) is 11.1 Å². The summed E-state index contributed by atoms with van der Waals surface area (Å²) in [5.74, 6) is 0.560. The van der Waals surface area contributed by atoms with Gasteiger partial charge in [-0.15, -0.1) is 0 Å². The SMILES string of the molecule is Cc1cc(N)ncc1-c1cnsc1. The van der Waals surface area contributed by atoms with Crippen molar-refractivity contribution < 1.29 is 0 Å². The fourth-order valence-electron chi connectivity index (χ4n) is 1.22. The summed E-state index contributed by atoms with van der Waals surface area (Å²) in [5.41, 5.74) is 8.90. The average Bonchev–Trinajstić information content (AvgIpc) is 2.56. The van der Waals surface area contributed by atoms with E-state index in [9.17, 15) is 0 Å². The molecule has 2 heterocycles. The summed E-state index contributed by atoms with van der Waals surface area (Å²) < 4.78 is 4.04. The number of anilines is 1. The predicted molar refractivity (Wildman–Crippen MR) is 54.5 cm³/mol. The monoisotopic (exact) mass is 191 g/mol. The summed E-state index contributed by atoms with van der Waals surface area (Å²) in [4.78, 5) is 4.05. The van der Waals surface area contributed by atoms with Crippen LogP contribution in [-0.4, -0.2) is 9.36 Å². The van der Waals surface area contributed by atoms with Crippen molar-refractivity contribution in [2.24, 2.45) is 0 Å². The van der Waals surface area contributed by atoms with Crippen molar-refractivity contribution in [2.45, 2.75) is 6.92 Å². The Labute approximate surface area is 80.4 Å². The lowest BCUT2D eigenvalue weighted by Gasteiger charge is -2.02. The van der Waals surface area contributed by atoms with Crippen LogP contribution in [0.4, 0.5) is 5.82 Å². The Kier molecular flexibility index (Phi) is 1.98. The van der Waals surface area contributed by atoms with Gasteiger partial charge in [0, 0.05) is 28.9 Å². The van der Waals surface area contributed by atoms with Gasteiger partial charge in [0.2, 0.25) is 0 Å². The number of aryl methyl sites for hydroxylation is 1. The van der Waals surface area contributed by atoms with Gasteiger partial charge in [-0.1, -0.05) is 0 Å². The number of hydrogen-bond acceptors (Lipinski definition) is 4. The smallest absolute Gasteiger partial charge is 0.123 e. The van der Waals surface area contributed by atoms with Crippen LogP contribution in [0.15, 0.2) is 23.8 Å². The van der Waals surface area contributed by atoms with E-state index in [0.29, 0.717) is 5.82 Å². The predicted octanol–water partition coefficient (Wildman–Crippen LogP) is 2.10. The number of rotatable bonds is 1. The Balaban J connectivity index is 2.53. The van der Waals surface area contributed by atoms with Crippen LogP contribution in [0.3, 0.4) is 0 Å². The van der Waals surface area contributed by atoms with E-state index in [2.05, 4.69) is 9.36 Å². The van der Waals surface area contributed by atoms with E-state index in [4.69, 9.17) is 5.73 Å². The third kappa shape index (κ3) is 1.53. The first-order valence-corrected chi connectivity index (χ1v) is 4.73. The van der Waals surface area contributed by atoms with Crippen LogP contribution in [-0.2, 0) is 0 Å². The van der Waals surface area contributed by atoms with Gasteiger partial charge in [0.15, 0.2) is 0 Å². The maximum atomic E-state index is 5.56. The Hall–Kier alpha value is -1.42. The summed E-state index contributed by atoms with van der Waals surface area (Å²) in [7, 11) is 0. The molecular formula is C9H9N3S. The molecule has 0 fully saturated rings. The fraction of sp³-hybridized carbons (Fsp3) is 0.111. The molecular weight excluding hydrogens is 182 g/mol. The van der Waals surface area contributed by atoms with Crippen LogP contribution in [0, 0.1) is 6.92 Å². The van der Waals surface area contributed by atoms with E-state index in [1.54, 1.807) is 6.20 Å². The molecule has 0 aromatic carbocycles. The minimum Gasteiger partial charge on any atom is -0.384 e. The van der Waals surface area contributed by atoms with E-state index in [1.807, 2.05) is 24.6 Å². The number of nitrogens with two attached hydrogens (primary N) is 1. The number of pyridine rings is 1. The molecule has 0 aliphatic carbocycles. The molecule has 0 spiro atoms. The maximum Gasteiger partial charge on any atom is 0.123 e. The summed E-state index contributed by atoms with van der Waals surface area (Å²) in [6.07, 6.45) is 3.62. The van der Waals surface area contributed by atoms with Crippen LogP contribution in [0.25, 0.3) is 11.1 Å². The summed E-state index contributed by atoms with van der Waals surface area (Å²) >= 11 is 1.44. The maximum absolute atomic E-state index is 5.56. The molecule has 0 amide bonds. The lowest BCUT2D eigenvalue weighted by atomic mass is 10.1. The normalized spacial score (nSPS) is 10.2. The van der Waals surface area contributed by atoms with Crippen molar-refractivity contribution in [3.05, 3.63) is 29.4 Å². The molecule has 0 atom stereocenters. The van der Waals surface area contributed by atoms with E-state index >= 15 is 0 Å². The highest BCUT2D eigenvalue weighted by Crippen LogP contribution is 2.23. The van der Waals surface area contributed by atoms with Crippen molar-refractivity contribution in [3.63, 3.8) is 0 Å². The van der Waals surface area contributed by atoms with Gasteiger partial charge < -0.3 is 5.73 Å². The molecule has 2 aromatic heterocycles. The summed E-state index contributed by atoms with van der Waals surface area (Å²) in [5, 5.41) is 2.00. The Morgan fingerprint density at radius 1 is 1.38 bits per heavy atom. The second kappa shape index (κ2) is 3.14. The van der Waals surface area contributed by atoms with Crippen molar-refractivity contribution >= 4 is 17.4 Å². The Morgan fingerprint density at radius 2 is 2.23 bits per heavy atom. The molecule has 2 N–H and O–H groups in total. The van der Waals surface area contributed by atoms with E-state index < -0.39 is 0 Å². The van der Waals surface area contributed by atoms with Crippen LogP contribution in [0.1, 0.15) is 5.56 Å². The zero-order valence-corrected chi connectivity index (χ0v) is 8.01. The van der Waals surface area contributed by atoms with E-state index in [0.717, 1.165) is 16.7 Å². The van der Waals surface area contributed by atoms with Crippen molar-refractivity contribution in [1.29, 1.82) is 0 Å². The number of nitrogens with zero attached hydrogens (tertiary/aromatic N) is 2. The molecule has 0 unspecified atom stereocenters. The minimum atomic E-state index is 0.560. The molecule has 4 heteroatoms. The van der Waals surface area contributed by atoms with E-state index in [1.165, 1.54) is 11.5 Å². The van der Waals surface area contributed by atoms with Gasteiger partial charge in [-0.25, -0.2) is 9.36 Å². The summed E-state index contributed by atoms with van der Waals surface area (Å²) in [6, 6.07) is 1.87. The van der Waals surface area contributed by atoms with E-state index in [-0.39, 0.29) is 0 Å². The first-order valence-electron chi connectivity index (χ1n) is 3.89. The first kappa shape index (κ1) is 8.19. The second-order valence-electron chi connectivity index (χ2n) is 2.84. The third-order valence-corrected chi connectivity index (χ3v) is 2.46. The molecule has 0 aliphatic rings. The summed E-state index contributed by atoms with van der Waals surface area (Å²) in [6.45, 7) is 2.02. The highest BCUT2D eigenvalue weighted by Gasteiger charge is 2.03. The first-order chi connectivity index (χ1) is 6.27. The second-order valence-corrected chi connectivity index (χ2v) is 3.49. The van der Waals surface area contributed by atoms with Crippen molar-refractivity contribution in [2.75, 3.05) is 5.73 Å². The minimum absolute atomic E-state index is 0.560. The molecule has 0 radical (unpaired) electrons. The molecule has 2 rings (SSSR count). The van der Waals surface area contributed by atoms with Crippen LogP contribution >= 0.6 is 11.5 Å². The van der Waals surface area contributed by atoms with Gasteiger partial charge in [0.1, 0.15) is 5.82 Å². The topological polar surface area (TPSA) is 51.8 Å². The molecule has 13 heavy (non-hydrogen) atoms. The standard InChI is InChI=1S/C9H9N3S/c1-6-2-9(10)11-4-8(6)7-3-12-13-5-7/h2-5H,1H3,(H2,10,11). The van der Waals surface area contributed by atoms with Gasteiger partial charge >= 0.3 is 0 Å². The lowest BCUT2D eigenvalue weighted by molar-refractivity contribution is 1.29.